The van der Waals surface area contributed by atoms with Gasteiger partial charge in [0.15, 0.2) is 11.5 Å². The van der Waals surface area contributed by atoms with Crippen molar-refractivity contribution in [3.05, 3.63) is 84.7 Å². The summed E-state index contributed by atoms with van der Waals surface area (Å²) in [6, 6.07) is 20.4. The zero-order valence-electron chi connectivity index (χ0n) is 16.6. The predicted octanol–water partition coefficient (Wildman–Crippen LogP) is 4.20. The lowest BCUT2D eigenvalue weighted by Gasteiger charge is -2.09. The number of aromatic nitrogens is 3. The standard InChI is InChI=1S/C23H20N4O3/c1-29-19-12-11-16(14-20(19)30-2)22-18(23(28)25-21-10-6-7-13-24-21)15-27(26-22)17-8-4-3-5-9-17/h3-15H,1-2H3,(H,24,25,28). The molecule has 0 saturated heterocycles. The van der Waals surface area contributed by atoms with E-state index in [0.29, 0.717) is 28.6 Å². The molecule has 0 aliphatic heterocycles. The summed E-state index contributed by atoms with van der Waals surface area (Å²) < 4.78 is 12.4. The van der Waals surface area contributed by atoms with E-state index in [1.165, 1.54) is 0 Å². The summed E-state index contributed by atoms with van der Waals surface area (Å²) in [5.74, 6) is 1.32. The molecule has 0 aliphatic carbocycles. The highest BCUT2D eigenvalue weighted by atomic mass is 16.5. The van der Waals surface area contributed by atoms with Gasteiger partial charge in [0.1, 0.15) is 11.5 Å². The van der Waals surface area contributed by atoms with Crippen LogP contribution in [-0.4, -0.2) is 34.9 Å². The summed E-state index contributed by atoms with van der Waals surface area (Å²) >= 11 is 0. The van der Waals surface area contributed by atoms with Crippen molar-refractivity contribution in [3.8, 4) is 28.4 Å². The van der Waals surface area contributed by atoms with Gasteiger partial charge in [-0.1, -0.05) is 24.3 Å². The van der Waals surface area contributed by atoms with Crippen LogP contribution in [0.15, 0.2) is 79.1 Å². The molecule has 0 atom stereocenters. The van der Waals surface area contributed by atoms with Crippen LogP contribution in [0.5, 0.6) is 11.5 Å². The van der Waals surface area contributed by atoms with Gasteiger partial charge >= 0.3 is 0 Å². The van der Waals surface area contributed by atoms with Crippen molar-refractivity contribution in [2.45, 2.75) is 0 Å². The van der Waals surface area contributed by atoms with Gasteiger partial charge in [-0.15, -0.1) is 0 Å². The molecular formula is C23H20N4O3. The van der Waals surface area contributed by atoms with E-state index in [1.807, 2.05) is 42.5 Å². The molecule has 2 heterocycles. The van der Waals surface area contributed by atoms with Crippen LogP contribution in [0.3, 0.4) is 0 Å². The molecule has 0 fully saturated rings. The third kappa shape index (κ3) is 3.86. The molecule has 7 nitrogen and oxygen atoms in total. The lowest BCUT2D eigenvalue weighted by molar-refractivity contribution is 0.102. The van der Waals surface area contributed by atoms with Crippen LogP contribution in [0.2, 0.25) is 0 Å². The molecule has 0 spiro atoms. The quantitative estimate of drug-likeness (QED) is 0.525. The Morgan fingerprint density at radius 3 is 2.40 bits per heavy atom. The zero-order chi connectivity index (χ0) is 20.9. The molecule has 0 unspecified atom stereocenters. The first-order valence-corrected chi connectivity index (χ1v) is 9.29. The Morgan fingerprint density at radius 1 is 0.933 bits per heavy atom. The number of anilines is 1. The third-order valence-corrected chi connectivity index (χ3v) is 4.54. The average molecular weight is 400 g/mol. The summed E-state index contributed by atoms with van der Waals surface area (Å²) in [5, 5.41) is 7.51. The van der Waals surface area contributed by atoms with Gasteiger partial charge in [0.25, 0.3) is 5.91 Å². The lowest BCUT2D eigenvalue weighted by atomic mass is 10.1. The number of methoxy groups -OCH3 is 2. The lowest BCUT2D eigenvalue weighted by Crippen LogP contribution is -2.13. The Kier molecular flexibility index (Phi) is 5.43. The first-order chi connectivity index (χ1) is 14.7. The highest BCUT2D eigenvalue weighted by Gasteiger charge is 2.20. The van der Waals surface area contributed by atoms with Crippen molar-refractivity contribution in [1.29, 1.82) is 0 Å². The Hall–Kier alpha value is -4.13. The maximum atomic E-state index is 13.1. The molecule has 0 aliphatic rings. The van der Waals surface area contributed by atoms with Gasteiger partial charge in [-0.25, -0.2) is 9.67 Å². The molecule has 0 radical (unpaired) electrons. The number of amides is 1. The van der Waals surface area contributed by atoms with Gasteiger partial charge < -0.3 is 14.8 Å². The number of nitrogens with one attached hydrogen (secondary N) is 1. The number of hydrogen-bond donors (Lipinski definition) is 1. The molecule has 0 bridgehead atoms. The summed E-state index contributed by atoms with van der Waals surface area (Å²) in [7, 11) is 3.15. The second-order valence-corrected chi connectivity index (χ2v) is 6.41. The van der Waals surface area contributed by atoms with E-state index < -0.39 is 0 Å². The second kappa shape index (κ2) is 8.48. The van der Waals surface area contributed by atoms with Crippen LogP contribution in [0, 0.1) is 0 Å². The fraction of sp³-hybridized carbons (Fsp3) is 0.0870. The molecule has 30 heavy (non-hydrogen) atoms. The minimum absolute atomic E-state index is 0.305. The monoisotopic (exact) mass is 400 g/mol. The molecule has 4 aromatic rings. The highest BCUT2D eigenvalue weighted by Crippen LogP contribution is 2.33. The van der Waals surface area contributed by atoms with Crippen LogP contribution in [0.1, 0.15) is 10.4 Å². The number of hydrogen-bond acceptors (Lipinski definition) is 5. The van der Waals surface area contributed by atoms with E-state index in [2.05, 4.69) is 15.4 Å². The number of nitrogens with zero attached hydrogens (tertiary/aromatic N) is 3. The van der Waals surface area contributed by atoms with Crippen molar-refractivity contribution >= 4 is 11.7 Å². The van der Waals surface area contributed by atoms with E-state index >= 15 is 0 Å². The number of carbonyl (C=O) groups is 1. The largest absolute Gasteiger partial charge is 0.493 e. The van der Waals surface area contributed by atoms with Crippen LogP contribution in [-0.2, 0) is 0 Å². The molecule has 0 saturated carbocycles. The van der Waals surface area contributed by atoms with Gasteiger partial charge in [0, 0.05) is 18.0 Å². The van der Waals surface area contributed by atoms with Gasteiger partial charge in [-0.05, 0) is 42.5 Å². The molecule has 2 aromatic carbocycles. The number of benzene rings is 2. The number of carbonyl (C=O) groups excluding carboxylic acids is 1. The van der Waals surface area contributed by atoms with E-state index in [9.17, 15) is 4.79 Å². The minimum Gasteiger partial charge on any atom is -0.493 e. The number of pyridine rings is 1. The molecule has 150 valence electrons. The van der Waals surface area contributed by atoms with Crippen molar-refractivity contribution in [1.82, 2.24) is 14.8 Å². The Bertz CT molecular complexity index is 1160. The van der Waals surface area contributed by atoms with Gasteiger partial charge in [0.2, 0.25) is 0 Å². The predicted molar refractivity (Wildman–Crippen MR) is 114 cm³/mol. The van der Waals surface area contributed by atoms with Crippen molar-refractivity contribution < 1.29 is 14.3 Å². The highest BCUT2D eigenvalue weighted by molar-refractivity contribution is 6.07. The summed E-state index contributed by atoms with van der Waals surface area (Å²) in [6.07, 6.45) is 3.33. The molecule has 1 amide bonds. The Morgan fingerprint density at radius 2 is 1.70 bits per heavy atom. The van der Waals surface area contributed by atoms with E-state index in [-0.39, 0.29) is 5.91 Å². The molecular weight excluding hydrogens is 380 g/mol. The maximum Gasteiger partial charge on any atom is 0.260 e. The minimum atomic E-state index is -0.305. The summed E-state index contributed by atoms with van der Waals surface area (Å²) in [6.45, 7) is 0. The molecule has 7 heteroatoms. The van der Waals surface area contributed by atoms with Gasteiger partial charge in [-0.3, -0.25) is 4.79 Å². The zero-order valence-corrected chi connectivity index (χ0v) is 16.6. The number of para-hydroxylation sites is 1. The average Bonchev–Trinajstić information content (AvgIpc) is 3.25. The van der Waals surface area contributed by atoms with Crippen molar-refractivity contribution in [2.24, 2.45) is 0 Å². The normalized spacial score (nSPS) is 10.5. The topological polar surface area (TPSA) is 78.3 Å². The van der Waals surface area contributed by atoms with E-state index in [1.54, 1.807) is 55.6 Å². The van der Waals surface area contributed by atoms with Gasteiger partial charge in [-0.2, -0.15) is 5.10 Å². The second-order valence-electron chi connectivity index (χ2n) is 6.41. The molecule has 4 rings (SSSR count). The Labute approximate surface area is 173 Å². The number of ether oxygens (including phenoxy) is 2. The fourth-order valence-electron chi connectivity index (χ4n) is 3.07. The summed E-state index contributed by atoms with van der Waals surface area (Å²) in [5.41, 5.74) is 2.51. The first-order valence-electron chi connectivity index (χ1n) is 9.29. The third-order valence-electron chi connectivity index (χ3n) is 4.54. The van der Waals surface area contributed by atoms with E-state index in [4.69, 9.17) is 9.47 Å². The Balaban J connectivity index is 1.80. The summed E-state index contributed by atoms with van der Waals surface area (Å²) in [4.78, 5) is 17.2. The molecule has 2 aromatic heterocycles. The van der Waals surface area contributed by atoms with Crippen LogP contribution in [0.4, 0.5) is 5.82 Å². The van der Waals surface area contributed by atoms with Crippen LogP contribution < -0.4 is 14.8 Å². The smallest absolute Gasteiger partial charge is 0.260 e. The van der Waals surface area contributed by atoms with Crippen LogP contribution >= 0.6 is 0 Å². The van der Waals surface area contributed by atoms with E-state index in [0.717, 1.165) is 11.3 Å². The first kappa shape index (κ1) is 19.2. The van der Waals surface area contributed by atoms with Crippen molar-refractivity contribution in [2.75, 3.05) is 19.5 Å². The number of rotatable bonds is 6. The molecule has 1 N–H and O–H groups in total. The fourth-order valence-corrected chi connectivity index (χ4v) is 3.07. The SMILES string of the molecule is COc1ccc(-c2nn(-c3ccccc3)cc2C(=O)Nc2ccccn2)cc1OC. The van der Waals surface area contributed by atoms with Crippen molar-refractivity contribution in [3.63, 3.8) is 0 Å². The maximum absolute atomic E-state index is 13.1. The van der Waals surface area contributed by atoms with Gasteiger partial charge in [0.05, 0.1) is 25.5 Å². The van der Waals surface area contributed by atoms with Crippen LogP contribution in [0.25, 0.3) is 16.9 Å².